The summed E-state index contributed by atoms with van der Waals surface area (Å²) < 4.78 is 5.05. The van der Waals surface area contributed by atoms with Gasteiger partial charge in [0.1, 0.15) is 0 Å². The highest BCUT2D eigenvalue weighted by Gasteiger charge is 2.13. The molecule has 5 heteroatoms. The molecule has 88 valence electrons. The van der Waals surface area contributed by atoms with Crippen molar-refractivity contribution in [1.29, 1.82) is 0 Å². The molecule has 1 aliphatic heterocycles. The summed E-state index contributed by atoms with van der Waals surface area (Å²) in [4.78, 5) is 8.38. The van der Waals surface area contributed by atoms with Gasteiger partial charge in [0.25, 0.3) is 0 Å². The van der Waals surface area contributed by atoms with Crippen LogP contribution >= 0.6 is 11.8 Å². The largest absolute Gasteiger partial charge is 0.481 e. The summed E-state index contributed by atoms with van der Waals surface area (Å²) in [5.74, 6) is 2.55. The third-order valence-corrected chi connectivity index (χ3v) is 4.00. The molecule has 0 radical (unpaired) electrons. The number of methoxy groups -OCH3 is 1. The second-order valence-corrected chi connectivity index (χ2v) is 5.20. The Hall–Kier alpha value is -0.970. The molecule has 0 bridgehead atoms. The first-order chi connectivity index (χ1) is 7.88. The molecule has 0 aromatic carbocycles. The van der Waals surface area contributed by atoms with Gasteiger partial charge in [-0.2, -0.15) is 16.7 Å². The first kappa shape index (κ1) is 11.5. The maximum atomic E-state index is 5.05. The topological polar surface area (TPSA) is 47.0 Å². The molecule has 16 heavy (non-hydrogen) atoms. The number of thioether (sulfide) groups is 1. The predicted molar refractivity (Wildman–Crippen MR) is 67.2 cm³/mol. The molecule has 0 amide bonds. The van der Waals surface area contributed by atoms with Gasteiger partial charge in [0, 0.05) is 24.1 Å². The van der Waals surface area contributed by atoms with Gasteiger partial charge in [0.05, 0.1) is 7.11 Å². The fourth-order valence-corrected chi connectivity index (χ4v) is 2.95. The van der Waals surface area contributed by atoms with Crippen molar-refractivity contribution in [1.82, 2.24) is 9.97 Å². The molecule has 1 aliphatic rings. The van der Waals surface area contributed by atoms with Crippen molar-refractivity contribution in [3.8, 4) is 5.88 Å². The number of anilines is 1. The van der Waals surface area contributed by atoms with Crippen LogP contribution in [0.3, 0.4) is 0 Å². The summed E-state index contributed by atoms with van der Waals surface area (Å²) in [6, 6.07) is 1.75. The van der Waals surface area contributed by atoms with Crippen LogP contribution in [0, 0.1) is 0 Å². The van der Waals surface area contributed by atoms with Crippen molar-refractivity contribution >= 4 is 17.7 Å². The smallest absolute Gasteiger partial charge is 0.225 e. The molecule has 0 spiro atoms. The third-order valence-electron chi connectivity index (χ3n) is 2.60. The van der Waals surface area contributed by atoms with E-state index in [1.54, 1.807) is 19.4 Å². The van der Waals surface area contributed by atoms with Gasteiger partial charge in [-0.05, 0) is 18.6 Å². The van der Waals surface area contributed by atoms with Gasteiger partial charge in [0.2, 0.25) is 11.8 Å². The Morgan fingerprint density at radius 1 is 1.56 bits per heavy atom. The molecular formula is C11H17N3OS. The van der Waals surface area contributed by atoms with Crippen molar-refractivity contribution in [2.75, 3.05) is 24.7 Å². The summed E-state index contributed by atoms with van der Waals surface area (Å²) in [6.07, 6.45) is 5.71. The van der Waals surface area contributed by atoms with Gasteiger partial charge in [-0.25, -0.2) is 4.98 Å². The van der Waals surface area contributed by atoms with E-state index in [1.165, 1.54) is 25.0 Å². The number of ether oxygens (including phenoxy) is 1. The van der Waals surface area contributed by atoms with Crippen LogP contribution in [0.5, 0.6) is 5.88 Å². The fourth-order valence-electron chi connectivity index (χ4n) is 1.71. The summed E-state index contributed by atoms with van der Waals surface area (Å²) in [7, 11) is 1.61. The second-order valence-electron chi connectivity index (χ2n) is 3.79. The molecule has 2 rings (SSSR count). The van der Waals surface area contributed by atoms with Crippen LogP contribution < -0.4 is 10.1 Å². The lowest BCUT2D eigenvalue weighted by Crippen LogP contribution is -2.20. The molecule has 0 aliphatic carbocycles. The average molecular weight is 239 g/mol. The number of hydrogen-bond acceptors (Lipinski definition) is 5. The Morgan fingerprint density at radius 2 is 2.50 bits per heavy atom. The summed E-state index contributed by atoms with van der Waals surface area (Å²) >= 11 is 2.04. The van der Waals surface area contributed by atoms with Crippen molar-refractivity contribution in [2.45, 2.75) is 24.5 Å². The normalized spacial score (nSPS) is 20.4. The van der Waals surface area contributed by atoms with E-state index >= 15 is 0 Å². The van der Waals surface area contributed by atoms with Gasteiger partial charge >= 0.3 is 0 Å². The van der Waals surface area contributed by atoms with Crippen LogP contribution in [0.2, 0.25) is 0 Å². The Kier molecular flexibility index (Phi) is 4.27. The molecule has 1 fully saturated rings. The van der Waals surface area contributed by atoms with Gasteiger partial charge in [-0.3, -0.25) is 0 Å². The van der Waals surface area contributed by atoms with E-state index in [1.807, 2.05) is 11.8 Å². The van der Waals surface area contributed by atoms with E-state index in [0.717, 1.165) is 6.54 Å². The average Bonchev–Trinajstić information content (AvgIpc) is 2.38. The van der Waals surface area contributed by atoms with E-state index in [9.17, 15) is 0 Å². The summed E-state index contributed by atoms with van der Waals surface area (Å²) in [5.41, 5.74) is 0. The zero-order valence-corrected chi connectivity index (χ0v) is 10.3. The Bertz CT molecular complexity index is 329. The van der Waals surface area contributed by atoms with Crippen molar-refractivity contribution in [2.24, 2.45) is 0 Å². The Morgan fingerprint density at radius 3 is 3.25 bits per heavy atom. The molecule has 1 aromatic rings. The monoisotopic (exact) mass is 239 g/mol. The Labute approximate surface area is 100 Å². The maximum Gasteiger partial charge on any atom is 0.225 e. The van der Waals surface area contributed by atoms with E-state index in [2.05, 4.69) is 15.3 Å². The number of aromatic nitrogens is 2. The molecule has 1 saturated heterocycles. The van der Waals surface area contributed by atoms with E-state index in [0.29, 0.717) is 17.1 Å². The minimum absolute atomic E-state index is 0.605. The molecule has 1 aromatic heterocycles. The summed E-state index contributed by atoms with van der Waals surface area (Å²) in [5, 5.41) is 3.96. The number of nitrogens with one attached hydrogen (secondary N) is 1. The SMILES string of the molecule is COc1ccnc(NCC2CCCCS2)n1. The Balaban J connectivity index is 1.83. The molecule has 4 nitrogen and oxygen atoms in total. The lowest BCUT2D eigenvalue weighted by molar-refractivity contribution is 0.397. The van der Waals surface area contributed by atoms with Crippen LogP contribution in [0.1, 0.15) is 19.3 Å². The summed E-state index contributed by atoms with van der Waals surface area (Å²) in [6.45, 7) is 0.942. The van der Waals surface area contributed by atoms with Crippen molar-refractivity contribution in [3.05, 3.63) is 12.3 Å². The van der Waals surface area contributed by atoms with Gasteiger partial charge in [0.15, 0.2) is 0 Å². The number of hydrogen-bond donors (Lipinski definition) is 1. The quantitative estimate of drug-likeness (QED) is 0.872. The van der Waals surface area contributed by atoms with Gasteiger partial charge < -0.3 is 10.1 Å². The zero-order valence-electron chi connectivity index (χ0n) is 9.48. The first-order valence-electron chi connectivity index (χ1n) is 5.61. The highest BCUT2D eigenvalue weighted by molar-refractivity contribution is 7.99. The number of nitrogens with zero attached hydrogens (tertiary/aromatic N) is 2. The standard InChI is InChI=1S/C11H17N3OS/c1-15-10-5-6-12-11(14-10)13-8-9-4-2-3-7-16-9/h5-6,9H,2-4,7-8H2,1H3,(H,12,13,14). The fraction of sp³-hybridized carbons (Fsp3) is 0.636. The van der Waals surface area contributed by atoms with Gasteiger partial charge in [-0.1, -0.05) is 6.42 Å². The zero-order chi connectivity index (χ0) is 11.2. The van der Waals surface area contributed by atoms with Gasteiger partial charge in [-0.15, -0.1) is 0 Å². The highest BCUT2D eigenvalue weighted by atomic mass is 32.2. The first-order valence-corrected chi connectivity index (χ1v) is 6.66. The van der Waals surface area contributed by atoms with Crippen LogP contribution in [0.25, 0.3) is 0 Å². The van der Waals surface area contributed by atoms with Crippen LogP contribution in [0.15, 0.2) is 12.3 Å². The van der Waals surface area contributed by atoms with Crippen LogP contribution in [0.4, 0.5) is 5.95 Å². The van der Waals surface area contributed by atoms with Crippen LogP contribution in [-0.4, -0.2) is 34.6 Å². The maximum absolute atomic E-state index is 5.05. The molecule has 0 saturated carbocycles. The van der Waals surface area contributed by atoms with E-state index in [-0.39, 0.29) is 0 Å². The molecule has 1 unspecified atom stereocenters. The molecule has 1 atom stereocenters. The van der Waals surface area contributed by atoms with E-state index < -0.39 is 0 Å². The molecule has 1 N–H and O–H groups in total. The molecule has 2 heterocycles. The van der Waals surface area contributed by atoms with Crippen LogP contribution in [-0.2, 0) is 0 Å². The third kappa shape index (κ3) is 3.27. The van der Waals surface area contributed by atoms with Crippen molar-refractivity contribution < 1.29 is 4.74 Å². The minimum atomic E-state index is 0.605. The number of rotatable bonds is 4. The molecular weight excluding hydrogens is 222 g/mol. The van der Waals surface area contributed by atoms with E-state index in [4.69, 9.17) is 4.74 Å². The minimum Gasteiger partial charge on any atom is -0.481 e. The highest BCUT2D eigenvalue weighted by Crippen LogP contribution is 2.24. The lowest BCUT2D eigenvalue weighted by Gasteiger charge is -2.21. The van der Waals surface area contributed by atoms with Crippen molar-refractivity contribution in [3.63, 3.8) is 0 Å². The lowest BCUT2D eigenvalue weighted by atomic mass is 10.2. The second kappa shape index (κ2) is 5.94. The predicted octanol–water partition coefficient (Wildman–Crippen LogP) is 2.18.